The van der Waals surface area contributed by atoms with Crippen LogP contribution in [0.2, 0.25) is 0 Å². The number of hydrogen-bond donors (Lipinski definition) is 1. The molecule has 0 aliphatic carbocycles. The highest BCUT2D eigenvalue weighted by Crippen LogP contribution is 2.27. The van der Waals surface area contributed by atoms with E-state index in [0.717, 1.165) is 17.5 Å². The smallest absolute Gasteiger partial charge is 0.216 e. The third-order valence-electron chi connectivity index (χ3n) is 3.96. The molecule has 0 atom stereocenters. The molecule has 6 nitrogen and oxygen atoms in total. The number of aromatic amines is 1. The van der Waals surface area contributed by atoms with Crippen LogP contribution in [0.3, 0.4) is 0 Å². The van der Waals surface area contributed by atoms with Gasteiger partial charge in [-0.25, -0.2) is 4.39 Å². The first-order chi connectivity index (χ1) is 13.6. The van der Waals surface area contributed by atoms with Crippen LogP contribution in [-0.4, -0.2) is 34.8 Å². The molecular formula is C20H21FN4O2S. The van der Waals surface area contributed by atoms with Gasteiger partial charge >= 0.3 is 0 Å². The average Bonchev–Trinajstić information content (AvgIpc) is 3.06. The highest BCUT2D eigenvalue weighted by atomic mass is 32.1. The Balaban J connectivity index is 1.81. The van der Waals surface area contributed by atoms with Gasteiger partial charge in [0.2, 0.25) is 4.77 Å². The lowest BCUT2D eigenvalue weighted by molar-refractivity contribution is 0.294. The standard InChI is InChI=1S/C20H21FN4O2S/c1-3-10-27-17-9-6-15(11-18(17)26-2)13-22-25-19(23-24-20(25)28)12-14-4-7-16(21)8-5-14/h4-9,11,13H,3,10,12H2,1-2H3,(H,24,28)/b22-13-. The van der Waals surface area contributed by atoms with Crippen molar-refractivity contribution >= 4 is 18.4 Å². The van der Waals surface area contributed by atoms with Gasteiger partial charge in [-0.15, -0.1) is 0 Å². The molecule has 3 rings (SSSR count). The number of benzene rings is 2. The highest BCUT2D eigenvalue weighted by Gasteiger charge is 2.08. The zero-order valence-corrected chi connectivity index (χ0v) is 16.5. The number of methoxy groups -OCH3 is 1. The quantitative estimate of drug-likeness (QED) is 0.451. The van der Waals surface area contributed by atoms with Crippen LogP contribution < -0.4 is 9.47 Å². The summed E-state index contributed by atoms with van der Waals surface area (Å²) in [4.78, 5) is 0. The molecule has 0 spiro atoms. The molecule has 0 bridgehead atoms. The van der Waals surface area contributed by atoms with Crippen molar-refractivity contribution in [2.75, 3.05) is 13.7 Å². The van der Waals surface area contributed by atoms with E-state index in [1.807, 2.05) is 25.1 Å². The van der Waals surface area contributed by atoms with Crippen LogP contribution in [0.5, 0.6) is 11.5 Å². The Bertz CT molecular complexity index is 1010. The fourth-order valence-electron chi connectivity index (χ4n) is 2.56. The van der Waals surface area contributed by atoms with Crippen LogP contribution in [-0.2, 0) is 6.42 Å². The monoisotopic (exact) mass is 400 g/mol. The molecule has 3 aromatic rings. The summed E-state index contributed by atoms with van der Waals surface area (Å²) in [5, 5.41) is 11.4. The molecule has 28 heavy (non-hydrogen) atoms. The maximum atomic E-state index is 13.1. The number of rotatable bonds is 8. The first kappa shape index (κ1) is 19.8. The summed E-state index contributed by atoms with van der Waals surface area (Å²) in [5.41, 5.74) is 1.74. The summed E-state index contributed by atoms with van der Waals surface area (Å²) >= 11 is 5.27. The lowest BCUT2D eigenvalue weighted by Gasteiger charge is -2.10. The maximum absolute atomic E-state index is 13.1. The zero-order chi connectivity index (χ0) is 19.9. The zero-order valence-electron chi connectivity index (χ0n) is 15.7. The largest absolute Gasteiger partial charge is 0.493 e. The van der Waals surface area contributed by atoms with Gasteiger partial charge in [-0.2, -0.15) is 14.9 Å². The van der Waals surface area contributed by atoms with E-state index in [-0.39, 0.29) is 5.82 Å². The molecule has 1 aromatic heterocycles. The molecule has 0 aliphatic heterocycles. The van der Waals surface area contributed by atoms with Gasteiger partial charge < -0.3 is 9.47 Å². The van der Waals surface area contributed by atoms with Gasteiger partial charge in [0.25, 0.3) is 0 Å². The number of nitrogens with one attached hydrogen (secondary N) is 1. The average molecular weight is 400 g/mol. The number of nitrogens with zero attached hydrogens (tertiary/aromatic N) is 3. The molecular weight excluding hydrogens is 379 g/mol. The van der Waals surface area contributed by atoms with Gasteiger partial charge in [-0.05, 0) is 60.1 Å². The van der Waals surface area contributed by atoms with Crippen LogP contribution in [0.4, 0.5) is 4.39 Å². The Morgan fingerprint density at radius 1 is 1.21 bits per heavy atom. The molecule has 8 heteroatoms. The predicted molar refractivity (Wildman–Crippen MR) is 108 cm³/mol. The van der Waals surface area contributed by atoms with Crippen molar-refractivity contribution < 1.29 is 13.9 Å². The van der Waals surface area contributed by atoms with E-state index in [4.69, 9.17) is 21.7 Å². The van der Waals surface area contributed by atoms with Gasteiger partial charge in [-0.1, -0.05) is 19.1 Å². The predicted octanol–water partition coefficient (Wildman–Crippen LogP) is 4.35. The second-order valence-electron chi connectivity index (χ2n) is 6.06. The fraction of sp³-hybridized carbons (Fsp3) is 0.250. The lowest BCUT2D eigenvalue weighted by Crippen LogP contribution is -2.01. The first-order valence-corrected chi connectivity index (χ1v) is 9.27. The summed E-state index contributed by atoms with van der Waals surface area (Å²) in [6.07, 6.45) is 3.06. The van der Waals surface area contributed by atoms with Gasteiger partial charge in [0.1, 0.15) is 5.82 Å². The third kappa shape index (κ3) is 4.83. The van der Waals surface area contributed by atoms with E-state index in [0.29, 0.717) is 35.1 Å². The van der Waals surface area contributed by atoms with Crippen molar-refractivity contribution in [3.05, 3.63) is 70.0 Å². The minimum atomic E-state index is -0.277. The SMILES string of the molecule is CCCOc1ccc(/C=N\n2c(Cc3ccc(F)cc3)n[nH]c2=S)cc1OC. The first-order valence-electron chi connectivity index (χ1n) is 8.86. The summed E-state index contributed by atoms with van der Waals surface area (Å²) in [6, 6.07) is 11.8. The Morgan fingerprint density at radius 3 is 2.71 bits per heavy atom. The molecule has 0 saturated heterocycles. The molecule has 0 radical (unpaired) electrons. The van der Waals surface area contributed by atoms with E-state index in [2.05, 4.69) is 15.3 Å². The van der Waals surface area contributed by atoms with Crippen LogP contribution in [0, 0.1) is 10.6 Å². The van der Waals surface area contributed by atoms with Crippen molar-refractivity contribution in [3.8, 4) is 11.5 Å². The molecule has 0 saturated carbocycles. The van der Waals surface area contributed by atoms with Crippen molar-refractivity contribution in [3.63, 3.8) is 0 Å². The molecule has 0 fully saturated rings. The molecule has 1 N–H and O–H groups in total. The van der Waals surface area contributed by atoms with E-state index in [1.54, 1.807) is 30.1 Å². The van der Waals surface area contributed by atoms with Gasteiger partial charge in [0.15, 0.2) is 17.3 Å². The fourth-order valence-corrected chi connectivity index (χ4v) is 2.76. The van der Waals surface area contributed by atoms with Gasteiger partial charge in [0.05, 0.1) is 19.9 Å². The Hall–Kier alpha value is -3.00. The highest BCUT2D eigenvalue weighted by molar-refractivity contribution is 7.71. The van der Waals surface area contributed by atoms with Crippen molar-refractivity contribution in [2.24, 2.45) is 5.10 Å². The van der Waals surface area contributed by atoms with Crippen molar-refractivity contribution in [1.82, 2.24) is 14.9 Å². The molecule has 1 heterocycles. The van der Waals surface area contributed by atoms with Crippen molar-refractivity contribution in [1.29, 1.82) is 0 Å². The third-order valence-corrected chi connectivity index (χ3v) is 4.23. The lowest BCUT2D eigenvalue weighted by atomic mass is 10.1. The van der Waals surface area contributed by atoms with E-state index < -0.39 is 0 Å². The summed E-state index contributed by atoms with van der Waals surface area (Å²) in [5.74, 6) is 1.68. The van der Waals surface area contributed by atoms with Crippen LogP contribution >= 0.6 is 12.2 Å². The minimum Gasteiger partial charge on any atom is -0.493 e. The Morgan fingerprint density at radius 2 is 2.00 bits per heavy atom. The summed E-state index contributed by atoms with van der Waals surface area (Å²) < 4.78 is 26.1. The maximum Gasteiger partial charge on any atom is 0.216 e. The van der Waals surface area contributed by atoms with Crippen LogP contribution in [0.25, 0.3) is 0 Å². The second kappa shape index (κ2) is 9.27. The van der Waals surface area contributed by atoms with Crippen LogP contribution in [0.15, 0.2) is 47.6 Å². The molecule has 0 amide bonds. The van der Waals surface area contributed by atoms with Gasteiger partial charge in [0, 0.05) is 6.42 Å². The normalized spacial score (nSPS) is 11.1. The number of ether oxygens (including phenoxy) is 2. The molecule has 2 aromatic carbocycles. The molecule has 0 unspecified atom stereocenters. The van der Waals surface area contributed by atoms with Gasteiger partial charge in [-0.3, -0.25) is 5.10 Å². The minimum absolute atomic E-state index is 0.277. The number of hydrogen-bond acceptors (Lipinski definition) is 5. The van der Waals surface area contributed by atoms with E-state index in [1.165, 1.54) is 12.1 Å². The molecule has 146 valence electrons. The number of halogens is 1. The summed E-state index contributed by atoms with van der Waals surface area (Å²) in [7, 11) is 1.60. The Labute approximate surface area is 167 Å². The van der Waals surface area contributed by atoms with Crippen LogP contribution in [0.1, 0.15) is 30.3 Å². The topological polar surface area (TPSA) is 64.4 Å². The van der Waals surface area contributed by atoms with E-state index in [9.17, 15) is 4.39 Å². The number of aromatic nitrogens is 3. The Kier molecular flexibility index (Phi) is 6.54. The van der Waals surface area contributed by atoms with E-state index >= 15 is 0 Å². The summed E-state index contributed by atoms with van der Waals surface area (Å²) in [6.45, 7) is 2.67. The number of H-pyrrole nitrogens is 1. The second-order valence-corrected chi connectivity index (χ2v) is 6.45. The molecule has 0 aliphatic rings. The van der Waals surface area contributed by atoms with Crippen molar-refractivity contribution in [2.45, 2.75) is 19.8 Å².